The number of hydrogen-bond donors (Lipinski definition) is 3. The number of fused-ring (bicyclic) bond motifs is 6. The second-order valence-electron chi connectivity index (χ2n) is 16.2. The van der Waals surface area contributed by atoms with E-state index in [9.17, 15) is 19.2 Å². The predicted molar refractivity (Wildman–Crippen MR) is 212 cm³/mol. The summed E-state index contributed by atoms with van der Waals surface area (Å²) in [4.78, 5) is 63.9. The minimum Gasteiger partial charge on any atom is -0.381 e. The summed E-state index contributed by atoms with van der Waals surface area (Å²) < 4.78 is 4.27. The molecule has 3 amide bonds. The first kappa shape index (κ1) is 33.6. The minimum atomic E-state index is -0.674. The van der Waals surface area contributed by atoms with Crippen molar-refractivity contribution in [1.29, 1.82) is 0 Å². The molecule has 4 aliphatic heterocycles. The zero-order chi connectivity index (χ0) is 36.9. The van der Waals surface area contributed by atoms with Crippen LogP contribution in [0.15, 0.2) is 47.3 Å². The SMILES string of the molecule is C[C@@H]1CNc2c(sc3ccc4nc(N5CCN(C6CC7(CCN(c8ccc9c(c8)n(C)c(=O)n9C8CCC(=O)NC8=O)CC7)C6)CC5)ccc4c23)C(=O)N1. The largest absolute Gasteiger partial charge is 0.381 e. The van der Waals surface area contributed by atoms with Crippen molar-refractivity contribution in [2.24, 2.45) is 12.5 Å². The van der Waals surface area contributed by atoms with Crippen LogP contribution in [0.3, 0.4) is 0 Å². The normalized spacial score (nSPS) is 23.7. The maximum Gasteiger partial charge on any atom is 0.329 e. The first-order valence-electron chi connectivity index (χ1n) is 19.3. The first-order valence-corrected chi connectivity index (χ1v) is 20.2. The number of amides is 3. The van der Waals surface area contributed by atoms with Crippen LogP contribution in [-0.4, -0.2) is 94.6 Å². The van der Waals surface area contributed by atoms with Crippen molar-refractivity contribution in [3.8, 4) is 0 Å². The molecule has 5 aromatic rings. The van der Waals surface area contributed by atoms with Gasteiger partial charge in [-0.15, -0.1) is 11.3 Å². The monoisotopic (exact) mass is 747 g/mol. The number of rotatable bonds is 4. The third kappa shape index (κ3) is 5.39. The van der Waals surface area contributed by atoms with Gasteiger partial charge in [0.1, 0.15) is 16.7 Å². The zero-order valence-corrected chi connectivity index (χ0v) is 31.5. The van der Waals surface area contributed by atoms with E-state index in [1.807, 2.05) is 13.0 Å². The molecule has 7 heterocycles. The smallest absolute Gasteiger partial charge is 0.329 e. The van der Waals surface area contributed by atoms with Gasteiger partial charge in [0, 0.05) is 92.5 Å². The molecule has 2 atom stereocenters. The van der Waals surface area contributed by atoms with E-state index < -0.39 is 11.9 Å². The van der Waals surface area contributed by atoms with Gasteiger partial charge in [-0.25, -0.2) is 9.78 Å². The van der Waals surface area contributed by atoms with Crippen LogP contribution in [0, 0.1) is 5.41 Å². The van der Waals surface area contributed by atoms with Gasteiger partial charge in [-0.2, -0.15) is 0 Å². The van der Waals surface area contributed by atoms with E-state index in [2.05, 4.69) is 67.0 Å². The van der Waals surface area contributed by atoms with E-state index in [1.165, 1.54) is 25.7 Å². The molecule has 4 fully saturated rings. The Balaban J connectivity index is 0.762. The third-order valence-corrected chi connectivity index (χ3v) is 14.1. The molecule has 3 saturated heterocycles. The molecule has 10 rings (SSSR count). The lowest BCUT2D eigenvalue weighted by atomic mass is 9.60. The van der Waals surface area contributed by atoms with Gasteiger partial charge in [0.25, 0.3) is 5.91 Å². The number of nitrogens with zero attached hydrogens (tertiary/aromatic N) is 6. The highest BCUT2D eigenvalue weighted by Gasteiger charge is 2.48. The molecular weight excluding hydrogens is 703 g/mol. The van der Waals surface area contributed by atoms with Crippen LogP contribution in [0.5, 0.6) is 0 Å². The van der Waals surface area contributed by atoms with Crippen LogP contribution < -0.4 is 31.4 Å². The molecule has 0 radical (unpaired) electrons. The van der Waals surface area contributed by atoms with Crippen LogP contribution >= 0.6 is 11.3 Å². The number of piperazine rings is 1. The van der Waals surface area contributed by atoms with Gasteiger partial charge in [-0.05, 0) is 86.9 Å². The Morgan fingerprint density at radius 2 is 1.69 bits per heavy atom. The van der Waals surface area contributed by atoms with E-state index >= 15 is 0 Å². The highest BCUT2D eigenvalue weighted by molar-refractivity contribution is 7.21. The lowest BCUT2D eigenvalue weighted by molar-refractivity contribution is -0.135. The number of thiophene rings is 1. The van der Waals surface area contributed by atoms with Crippen LogP contribution in [0.25, 0.3) is 32.0 Å². The van der Waals surface area contributed by atoms with Gasteiger partial charge >= 0.3 is 5.69 Å². The zero-order valence-electron chi connectivity index (χ0n) is 30.7. The Hall–Kier alpha value is -4.95. The summed E-state index contributed by atoms with van der Waals surface area (Å²) >= 11 is 1.54. The standard InChI is InChI=1S/C40H45N9O4S/c1-23-22-41-35-34-26-4-9-32(43-27(26)5-8-31(34)54-36(35)38(52)42-23)48-17-15-47(16-18-48)25-20-40(21-25)11-13-46(14-12-40)24-3-6-28-30(19-24)45(2)39(53)49(28)29-7-10-33(50)44-37(29)51/h3-6,8-9,19,23,25,29,41H,7,10-18,20-22H2,1-2H3,(H,42,52)(H,44,50,51)/t23-,29?/m1/s1. The van der Waals surface area contributed by atoms with Gasteiger partial charge in [0.15, 0.2) is 0 Å². The number of imide groups is 1. The van der Waals surface area contributed by atoms with E-state index in [1.54, 1.807) is 27.5 Å². The summed E-state index contributed by atoms with van der Waals surface area (Å²) in [6.45, 7) is 8.70. The number of imidazole rings is 1. The summed E-state index contributed by atoms with van der Waals surface area (Å²) in [6, 6.07) is 14.7. The second kappa shape index (κ2) is 12.6. The molecular formula is C40H45N9O4S. The molecule has 14 heteroatoms. The number of carbonyl (C=O) groups is 3. The van der Waals surface area contributed by atoms with E-state index in [0.717, 1.165) is 93.4 Å². The van der Waals surface area contributed by atoms with Crippen molar-refractivity contribution in [2.45, 2.75) is 63.6 Å². The summed E-state index contributed by atoms with van der Waals surface area (Å²) in [6.07, 6.45) is 5.40. The number of anilines is 3. The number of aryl methyl sites for hydroxylation is 1. The number of aromatic nitrogens is 3. The number of carbonyl (C=O) groups excluding carboxylic acids is 3. The Kier molecular flexibility index (Phi) is 7.81. The van der Waals surface area contributed by atoms with E-state index in [4.69, 9.17) is 4.98 Å². The lowest BCUT2D eigenvalue weighted by Gasteiger charge is -2.56. The van der Waals surface area contributed by atoms with Crippen molar-refractivity contribution in [3.63, 3.8) is 0 Å². The third-order valence-electron chi connectivity index (χ3n) is 13.0. The van der Waals surface area contributed by atoms with Crippen molar-refractivity contribution in [2.75, 3.05) is 60.9 Å². The highest BCUT2D eigenvalue weighted by atomic mass is 32.1. The Labute approximate surface area is 316 Å². The Morgan fingerprint density at radius 1 is 0.889 bits per heavy atom. The fourth-order valence-corrected chi connectivity index (χ4v) is 10.9. The number of pyridine rings is 1. The predicted octanol–water partition coefficient (Wildman–Crippen LogP) is 4.20. The maximum absolute atomic E-state index is 13.3. The number of piperidine rings is 2. The maximum atomic E-state index is 13.3. The topological polar surface area (TPSA) is 137 Å². The summed E-state index contributed by atoms with van der Waals surface area (Å²) in [7, 11) is 1.75. The fraction of sp³-hybridized carbons (Fsp3) is 0.475. The van der Waals surface area contributed by atoms with Crippen molar-refractivity contribution in [1.82, 2.24) is 29.7 Å². The molecule has 0 bridgehead atoms. The highest BCUT2D eigenvalue weighted by Crippen LogP contribution is 2.51. The molecule has 5 aliphatic rings. The Bertz CT molecular complexity index is 2430. The van der Waals surface area contributed by atoms with Crippen LogP contribution in [0.2, 0.25) is 0 Å². The fourth-order valence-electron chi connectivity index (χ4n) is 9.83. The molecule has 1 spiro atoms. The van der Waals surface area contributed by atoms with Gasteiger partial charge in [0.2, 0.25) is 11.8 Å². The van der Waals surface area contributed by atoms with Gasteiger partial charge in [0.05, 0.1) is 22.2 Å². The second-order valence-corrected chi connectivity index (χ2v) is 17.2. The van der Waals surface area contributed by atoms with Gasteiger partial charge < -0.3 is 20.4 Å². The average molecular weight is 748 g/mol. The quantitative estimate of drug-likeness (QED) is 0.231. The minimum absolute atomic E-state index is 0.00670. The Morgan fingerprint density at radius 3 is 2.46 bits per heavy atom. The summed E-state index contributed by atoms with van der Waals surface area (Å²) in [5, 5.41) is 11.2. The molecule has 280 valence electrons. The molecule has 1 saturated carbocycles. The van der Waals surface area contributed by atoms with E-state index in [-0.39, 0.29) is 30.0 Å². The number of nitrogens with one attached hydrogen (secondary N) is 3. The molecule has 1 unspecified atom stereocenters. The molecule has 3 aromatic heterocycles. The molecule has 1 aliphatic carbocycles. The first-order chi connectivity index (χ1) is 26.1. The van der Waals surface area contributed by atoms with Gasteiger partial charge in [-0.1, -0.05) is 0 Å². The van der Waals surface area contributed by atoms with Crippen LogP contribution in [-0.2, 0) is 16.6 Å². The molecule has 54 heavy (non-hydrogen) atoms. The summed E-state index contributed by atoms with van der Waals surface area (Å²) in [5.74, 6) is 0.318. The van der Waals surface area contributed by atoms with Crippen LogP contribution in [0.4, 0.5) is 17.2 Å². The van der Waals surface area contributed by atoms with Crippen molar-refractivity contribution >= 4 is 78.3 Å². The van der Waals surface area contributed by atoms with Crippen LogP contribution in [0.1, 0.15) is 61.2 Å². The average Bonchev–Trinajstić information content (AvgIpc) is 3.62. The summed E-state index contributed by atoms with van der Waals surface area (Å²) in [5.41, 5.74) is 4.71. The van der Waals surface area contributed by atoms with Crippen molar-refractivity contribution in [3.05, 3.63) is 57.8 Å². The van der Waals surface area contributed by atoms with E-state index in [0.29, 0.717) is 24.4 Å². The number of benzene rings is 2. The molecule has 13 nitrogen and oxygen atoms in total. The lowest BCUT2D eigenvalue weighted by Crippen LogP contribution is -2.59. The van der Waals surface area contributed by atoms with Crippen molar-refractivity contribution < 1.29 is 14.4 Å². The molecule has 3 N–H and O–H groups in total. The number of hydrogen-bond acceptors (Lipinski definition) is 10. The van der Waals surface area contributed by atoms with Gasteiger partial charge in [-0.3, -0.25) is 33.7 Å². The molecule has 2 aromatic carbocycles.